The summed E-state index contributed by atoms with van der Waals surface area (Å²) >= 11 is 13.1. The molecule has 0 fully saturated rings. The van der Waals surface area contributed by atoms with Crippen molar-refractivity contribution in [1.82, 2.24) is 10.2 Å². The highest BCUT2D eigenvalue weighted by Gasteiger charge is 2.35. The van der Waals surface area contributed by atoms with Gasteiger partial charge in [-0.3, -0.25) is 13.9 Å². The number of nitrogens with one attached hydrogen (secondary N) is 1. The van der Waals surface area contributed by atoms with Crippen LogP contribution in [0.5, 0.6) is 0 Å². The Morgan fingerprint density at radius 2 is 1.42 bits per heavy atom. The molecule has 2 amide bonds. The Labute approximate surface area is 273 Å². The maximum atomic E-state index is 14.5. The minimum atomic E-state index is -4.35. The molecule has 0 saturated carbocycles. The molecule has 7 nitrogen and oxygen atoms in total. The van der Waals surface area contributed by atoms with E-state index in [1.807, 2.05) is 44.2 Å². The van der Waals surface area contributed by atoms with Gasteiger partial charge in [0.2, 0.25) is 11.8 Å². The van der Waals surface area contributed by atoms with E-state index in [0.29, 0.717) is 22.0 Å². The molecule has 0 saturated heterocycles. The molecule has 4 rings (SSSR count). The Morgan fingerprint density at radius 3 is 2.00 bits per heavy atom. The molecule has 11 heteroatoms. The van der Waals surface area contributed by atoms with E-state index in [1.165, 1.54) is 4.90 Å². The van der Waals surface area contributed by atoms with Gasteiger partial charge in [-0.25, -0.2) is 12.8 Å². The maximum absolute atomic E-state index is 14.5. The van der Waals surface area contributed by atoms with E-state index in [0.717, 1.165) is 34.1 Å². The Hall–Kier alpha value is -3.92. The van der Waals surface area contributed by atoms with Gasteiger partial charge in [0.15, 0.2) is 0 Å². The fraction of sp³-hybridized carbons (Fsp3) is 0.235. The lowest BCUT2D eigenvalue weighted by Crippen LogP contribution is -2.54. The van der Waals surface area contributed by atoms with Gasteiger partial charge in [0, 0.05) is 34.6 Å². The summed E-state index contributed by atoms with van der Waals surface area (Å²) in [4.78, 5) is 29.5. The molecule has 0 aromatic heterocycles. The quantitative estimate of drug-likeness (QED) is 0.168. The number of hydrogen-bond donors (Lipinski definition) is 1. The third-order valence-electron chi connectivity index (χ3n) is 7.39. The third-order valence-corrected chi connectivity index (χ3v) is 9.88. The average molecular weight is 671 g/mol. The number of benzene rings is 4. The first-order chi connectivity index (χ1) is 21.5. The molecule has 0 aliphatic heterocycles. The second-order valence-corrected chi connectivity index (χ2v) is 13.2. The molecule has 4 aromatic carbocycles. The van der Waals surface area contributed by atoms with E-state index < -0.39 is 40.2 Å². The van der Waals surface area contributed by atoms with Crippen molar-refractivity contribution in [2.75, 3.05) is 10.8 Å². The van der Waals surface area contributed by atoms with Crippen LogP contribution in [-0.4, -0.2) is 43.8 Å². The molecule has 2 atom stereocenters. The minimum absolute atomic E-state index is 0.146. The van der Waals surface area contributed by atoms with E-state index in [2.05, 4.69) is 5.32 Å². The van der Waals surface area contributed by atoms with Gasteiger partial charge >= 0.3 is 0 Å². The summed E-state index contributed by atoms with van der Waals surface area (Å²) in [5, 5.41) is 3.56. The van der Waals surface area contributed by atoms with Crippen molar-refractivity contribution in [3.05, 3.63) is 130 Å². The maximum Gasteiger partial charge on any atom is 0.264 e. The number of hydrogen-bond acceptors (Lipinski definition) is 4. The molecule has 0 aliphatic rings. The summed E-state index contributed by atoms with van der Waals surface area (Å²) in [5.41, 5.74) is 1.43. The Balaban J connectivity index is 1.82. The van der Waals surface area contributed by atoms with Gasteiger partial charge in [-0.2, -0.15) is 0 Å². The number of sulfonamides is 1. The van der Waals surface area contributed by atoms with Crippen molar-refractivity contribution in [1.29, 1.82) is 0 Å². The van der Waals surface area contributed by atoms with Crippen LogP contribution < -0.4 is 9.62 Å². The van der Waals surface area contributed by atoms with Crippen LogP contribution in [0.3, 0.4) is 0 Å². The first kappa shape index (κ1) is 34.0. The number of para-hydroxylation sites is 1. The smallest absolute Gasteiger partial charge is 0.264 e. The molecule has 0 unspecified atom stereocenters. The van der Waals surface area contributed by atoms with Crippen molar-refractivity contribution < 1.29 is 22.4 Å². The lowest BCUT2D eigenvalue weighted by molar-refractivity contribution is -0.140. The summed E-state index contributed by atoms with van der Waals surface area (Å²) < 4.78 is 42.6. The molecule has 0 radical (unpaired) electrons. The first-order valence-electron chi connectivity index (χ1n) is 14.4. The fourth-order valence-electron chi connectivity index (χ4n) is 4.71. The van der Waals surface area contributed by atoms with Gasteiger partial charge in [0.05, 0.1) is 10.6 Å². The molecular weight excluding hydrogens is 636 g/mol. The van der Waals surface area contributed by atoms with Crippen LogP contribution >= 0.6 is 23.2 Å². The topological polar surface area (TPSA) is 86.8 Å². The fourth-order valence-corrected chi connectivity index (χ4v) is 6.64. The molecule has 236 valence electrons. The zero-order chi connectivity index (χ0) is 32.6. The predicted molar refractivity (Wildman–Crippen MR) is 176 cm³/mol. The first-order valence-corrected chi connectivity index (χ1v) is 16.6. The number of carbonyl (C=O) groups is 2. The highest BCUT2D eigenvalue weighted by molar-refractivity contribution is 7.92. The van der Waals surface area contributed by atoms with Gasteiger partial charge in [-0.15, -0.1) is 0 Å². The third kappa shape index (κ3) is 8.63. The lowest BCUT2D eigenvalue weighted by Gasteiger charge is -2.34. The highest BCUT2D eigenvalue weighted by atomic mass is 35.5. The molecule has 0 heterocycles. The van der Waals surface area contributed by atoms with Crippen molar-refractivity contribution in [3.8, 4) is 0 Å². The van der Waals surface area contributed by atoms with Crippen LogP contribution in [0.25, 0.3) is 0 Å². The van der Waals surface area contributed by atoms with E-state index in [9.17, 15) is 22.4 Å². The number of rotatable bonds is 13. The van der Waals surface area contributed by atoms with Crippen LogP contribution in [0.15, 0.2) is 108 Å². The van der Waals surface area contributed by atoms with E-state index >= 15 is 0 Å². The SMILES string of the molecule is CC[C@H](C)NC(=O)[C@@H](Cc1ccccc1)N(Cc1c(Cl)cccc1Cl)C(=O)CN(c1ccccc1)S(=O)(=O)c1ccc(F)cc1. The molecule has 4 aromatic rings. The Kier molecular flexibility index (Phi) is 11.6. The summed E-state index contributed by atoms with van der Waals surface area (Å²) in [6.45, 7) is 2.97. The van der Waals surface area contributed by atoms with Crippen LogP contribution in [0, 0.1) is 5.82 Å². The Bertz CT molecular complexity index is 1690. The van der Waals surface area contributed by atoms with Crippen molar-refractivity contribution in [3.63, 3.8) is 0 Å². The van der Waals surface area contributed by atoms with Crippen molar-refractivity contribution >= 4 is 50.7 Å². The van der Waals surface area contributed by atoms with Crippen LogP contribution in [0.4, 0.5) is 10.1 Å². The summed E-state index contributed by atoms with van der Waals surface area (Å²) in [7, 11) is -4.35. The van der Waals surface area contributed by atoms with E-state index in [1.54, 1.807) is 48.5 Å². The van der Waals surface area contributed by atoms with Gasteiger partial charge in [-0.1, -0.05) is 84.7 Å². The Morgan fingerprint density at radius 1 is 0.844 bits per heavy atom. The van der Waals surface area contributed by atoms with E-state index in [4.69, 9.17) is 23.2 Å². The van der Waals surface area contributed by atoms with Gasteiger partial charge < -0.3 is 10.2 Å². The van der Waals surface area contributed by atoms with Crippen molar-refractivity contribution in [2.45, 2.75) is 50.2 Å². The van der Waals surface area contributed by atoms with E-state index in [-0.39, 0.29) is 29.6 Å². The second kappa shape index (κ2) is 15.4. The minimum Gasteiger partial charge on any atom is -0.352 e. The zero-order valence-corrected chi connectivity index (χ0v) is 27.2. The standard InChI is InChI=1S/C34H34Cl2FN3O4S/c1-3-24(2)38-34(42)32(21-25-11-6-4-7-12-25)39(22-29-30(35)15-10-16-31(29)36)33(41)23-40(27-13-8-5-9-14-27)45(43,44)28-19-17-26(37)18-20-28/h4-20,24,32H,3,21-23H2,1-2H3,(H,38,42)/t24-,32+/m0/s1. The van der Waals surface area contributed by atoms with Gasteiger partial charge in [-0.05, 0) is 67.4 Å². The molecule has 0 aliphatic carbocycles. The van der Waals surface area contributed by atoms with Gasteiger partial charge in [0.25, 0.3) is 10.0 Å². The van der Waals surface area contributed by atoms with Gasteiger partial charge in [0.1, 0.15) is 18.4 Å². The predicted octanol–water partition coefficient (Wildman–Crippen LogP) is 6.88. The number of nitrogens with zero attached hydrogens (tertiary/aromatic N) is 2. The molecular formula is C34H34Cl2FN3O4S. The molecule has 1 N–H and O–H groups in total. The van der Waals surface area contributed by atoms with Crippen molar-refractivity contribution in [2.24, 2.45) is 0 Å². The van der Waals surface area contributed by atoms with Crippen LogP contribution in [0.2, 0.25) is 10.0 Å². The largest absolute Gasteiger partial charge is 0.352 e. The number of halogens is 3. The summed E-state index contributed by atoms with van der Waals surface area (Å²) in [5.74, 6) is -1.67. The van der Waals surface area contributed by atoms with Crippen LogP contribution in [0.1, 0.15) is 31.4 Å². The average Bonchev–Trinajstić information content (AvgIpc) is 3.03. The lowest BCUT2D eigenvalue weighted by atomic mass is 10.0. The number of anilines is 1. The number of amides is 2. The molecule has 0 bridgehead atoms. The summed E-state index contributed by atoms with van der Waals surface area (Å²) in [6, 6.07) is 25.4. The van der Waals surface area contributed by atoms with Crippen LogP contribution in [-0.2, 0) is 32.6 Å². The monoisotopic (exact) mass is 669 g/mol. The highest BCUT2D eigenvalue weighted by Crippen LogP contribution is 2.29. The normalized spacial score (nSPS) is 12.6. The second-order valence-electron chi connectivity index (χ2n) is 10.5. The number of carbonyl (C=O) groups excluding carboxylic acids is 2. The zero-order valence-electron chi connectivity index (χ0n) is 24.9. The molecule has 0 spiro atoms. The molecule has 45 heavy (non-hydrogen) atoms. The summed E-state index contributed by atoms with van der Waals surface area (Å²) in [6.07, 6.45) is 0.804.